The smallest absolute Gasteiger partial charge is 0.395 e. The van der Waals surface area contributed by atoms with Crippen LogP contribution in [0.15, 0.2) is 34.7 Å². The molecule has 1 fully saturated rings. The van der Waals surface area contributed by atoms with Crippen molar-refractivity contribution in [1.29, 1.82) is 0 Å². The van der Waals surface area contributed by atoms with Crippen molar-refractivity contribution in [1.82, 2.24) is 9.88 Å². The standard InChI is InChI=1S/C18H17FN4O5S/c19-12-1-2-13-15(11-12)29-18(20-13)22(6-5-21-7-9-27-10-8-21)17(24)14-3-4-16(28-14)23(25)26/h1-4,11H,5-10H2. The molecule has 3 aromatic rings. The van der Waals surface area contributed by atoms with Crippen LogP contribution in [0.25, 0.3) is 10.2 Å². The summed E-state index contributed by atoms with van der Waals surface area (Å²) in [7, 11) is 0. The van der Waals surface area contributed by atoms with Crippen LogP contribution >= 0.6 is 11.3 Å². The summed E-state index contributed by atoms with van der Waals surface area (Å²) < 4.78 is 24.6. The maximum Gasteiger partial charge on any atom is 0.433 e. The Balaban J connectivity index is 1.62. The van der Waals surface area contributed by atoms with Crippen LogP contribution in [0.3, 0.4) is 0 Å². The number of nitro groups is 1. The summed E-state index contributed by atoms with van der Waals surface area (Å²) in [6, 6.07) is 6.63. The van der Waals surface area contributed by atoms with E-state index in [-0.39, 0.29) is 11.6 Å². The van der Waals surface area contributed by atoms with Gasteiger partial charge in [-0.15, -0.1) is 0 Å². The number of morpholine rings is 1. The van der Waals surface area contributed by atoms with Crippen molar-refractivity contribution in [3.8, 4) is 0 Å². The molecule has 9 nitrogen and oxygen atoms in total. The lowest BCUT2D eigenvalue weighted by molar-refractivity contribution is -0.402. The van der Waals surface area contributed by atoms with E-state index in [9.17, 15) is 19.3 Å². The van der Waals surface area contributed by atoms with Gasteiger partial charge < -0.3 is 9.15 Å². The third kappa shape index (κ3) is 4.26. The molecule has 0 spiro atoms. The monoisotopic (exact) mass is 420 g/mol. The Bertz CT molecular complexity index is 1050. The van der Waals surface area contributed by atoms with Crippen LogP contribution in [0.2, 0.25) is 0 Å². The summed E-state index contributed by atoms with van der Waals surface area (Å²) in [5.74, 6) is -1.58. The number of hydrogen-bond acceptors (Lipinski definition) is 8. The number of aromatic nitrogens is 1. The largest absolute Gasteiger partial charge is 0.433 e. The van der Waals surface area contributed by atoms with E-state index in [2.05, 4.69) is 9.88 Å². The highest BCUT2D eigenvalue weighted by molar-refractivity contribution is 7.22. The number of ether oxygens (including phenoxy) is 1. The fourth-order valence-corrected chi connectivity index (χ4v) is 4.04. The molecule has 0 atom stereocenters. The molecule has 1 aliphatic heterocycles. The maximum atomic E-state index is 13.5. The maximum absolute atomic E-state index is 13.5. The highest BCUT2D eigenvalue weighted by Gasteiger charge is 2.27. The third-order valence-corrected chi connectivity index (χ3v) is 5.58. The molecule has 0 saturated carbocycles. The number of hydrogen-bond donors (Lipinski definition) is 0. The van der Waals surface area contributed by atoms with Crippen molar-refractivity contribution in [2.75, 3.05) is 44.3 Å². The molecule has 2 aromatic heterocycles. The molecule has 4 rings (SSSR count). The number of fused-ring (bicyclic) bond motifs is 1. The molecular weight excluding hydrogens is 403 g/mol. The summed E-state index contributed by atoms with van der Waals surface area (Å²) in [6.45, 7) is 3.62. The molecule has 11 heteroatoms. The molecule has 29 heavy (non-hydrogen) atoms. The molecular formula is C18H17FN4O5S. The van der Waals surface area contributed by atoms with Crippen LogP contribution in [0.4, 0.5) is 15.4 Å². The number of thiazole rings is 1. The van der Waals surface area contributed by atoms with Crippen LogP contribution in [0.1, 0.15) is 10.6 Å². The van der Waals surface area contributed by atoms with Gasteiger partial charge in [0, 0.05) is 26.2 Å². The number of anilines is 1. The molecule has 1 aromatic carbocycles. The average molecular weight is 420 g/mol. The van der Waals surface area contributed by atoms with E-state index in [1.165, 1.54) is 34.4 Å². The first-order chi connectivity index (χ1) is 14.0. The lowest BCUT2D eigenvalue weighted by Gasteiger charge is -2.28. The molecule has 152 valence electrons. The van der Waals surface area contributed by atoms with Crippen molar-refractivity contribution in [3.05, 3.63) is 52.0 Å². The number of amides is 1. The molecule has 1 aliphatic rings. The van der Waals surface area contributed by atoms with Gasteiger partial charge in [0.05, 0.1) is 29.5 Å². The quantitative estimate of drug-likeness (QED) is 0.446. The number of halogens is 1. The number of carbonyl (C=O) groups excluding carboxylic acids is 1. The first-order valence-corrected chi connectivity index (χ1v) is 9.75. The van der Waals surface area contributed by atoms with Gasteiger partial charge in [-0.1, -0.05) is 11.3 Å². The van der Waals surface area contributed by atoms with Gasteiger partial charge in [-0.2, -0.15) is 0 Å². The molecule has 0 bridgehead atoms. The fraction of sp³-hybridized carbons (Fsp3) is 0.333. The molecule has 0 unspecified atom stereocenters. The van der Waals surface area contributed by atoms with Crippen LogP contribution in [-0.2, 0) is 4.74 Å². The average Bonchev–Trinajstić information content (AvgIpc) is 3.36. The Kier molecular flexibility index (Phi) is 5.51. The van der Waals surface area contributed by atoms with Gasteiger partial charge in [0.15, 0.2) is 10.9 Å². The zero-order chi connectivity index (χ0) is 20.4. The van der Waals surface area contributed by atoms with Gasteiger partial charge in [0.25, 0.3) is 5.91 Å². The topological polar surface area (TPSA) is 102 Å². The SMILES string of the molecule is O=C(c1ccc([N+](=O)[O-])o1)N(CCN1CCOCC1)c1nc2ccc(F)cc2s1. The van der Waals surface area contributed by atoms with E-state index in [0.717, 1.165) is 19.2 Å². The number of benzene rings is 1. The Morgan fingerprint density at radius 3 is 2.83 bits per heavy atom. The van der Waals surface area contributed by atoms with Crippen molar-refractivity contribution in [2.24, 2.45) is 0 Å². The number of furan rings is 1. The minimum Gasteiger partial charge on any atom is -0.395 e. The van der Waals surface area contributed by atoms with Gasteiger partial charge in [-0.25, -0.2) is 9.37 Å². The normalized spacial score (nSPS) is 14.9. The third-order valence-electron chi connectivity index (χ3n) is 4.54. The summed E-state index contributed by atoms with van der Waals surface area (Å²) >= 11 is 1.18. The Labute approximate surface area is 168 Å². The second-order valence-electron chi connectivity index (χ2n) is 6.41. The highest BCUT2D eigenvalue weighted by Crippen LogP contribution is 2.31. The summed E-state index contributed by atoms with van der Waals surface area (Å²) in [5, 5.41) is 11.3. The molecule has 0 aliphatic carbocycles. The molecule has 0 radical (unpaired) electrons. The van der Waals surface area contributed by atoms with Crippen LogP contribution < -0.4 is 4.90 Å². The number of rotatable bonds is 6. The fourth-order valence-electron chi connectivity index (χ4n) is 3.03. The Hall–Kier alpha value is -2.89. The minimum atomic E-state index is -0.699. The van der Waals surface area contributed by atoms with E-state index >= 15 is 0 Å². The lowest BCUT2D eigenvalue weighted by Crippen LogP contribution is -2.43. The second-order valence-corrected chi connectivity index (χ2v) is 7.42. The summed E-state index contributed by atoms with van der Waals surface area (Å²) in [6.07, 6.45) is 0. The van der Waals surface area contributed by atoms with E-state index in [0.29, 0.717) is 41.7 Å². The van der Waals surface area contributed by atoms with E-state index in [1.807, 2.05) is 0 Å². The molecule has 0 N–H and O–H groups in total. The van der Waals surface area contributed by atoms with Crippen molar-refractivity contribution < 1.29 is 23.3 Å². The second kappa shape index (κ2) is 8.23. The van der Waals surface area contributed by atoms with Gasteiger partial charge in [-0.05, 0) is 24.3 Å². The van der Waals surface area contributed by atoms with Gasteiger partial charge in [-0.3, -0.25) is 24.7 Å². The van der Waals surface area contributed by atoms with Crippen LogP contribution in [-0.4, -0.2) is 60.1 Å². The predicted molar refractivity (Wildman–Crippen MR) is 104 cm³/mol. The first-order valence-electron chi connectivity index (χ1n) is 8.93. The van der Waals surface area contributed by atoms with Gasteiger partial charge in [0.2, 0.25) is 0 Å². The van der Waals surface area contributed by atoms with Crippen molar-refractivity contribution >= 4 is 38.5 Å². The predicted octanol–water partition coefficient (Wildman–Crippen LogP) is 2.92. The zero-order valence-corrected chi connectivity index (χ0v) is 16.1. The van der Waals surface area contributed by atoms with Gasteiger partial charge >= 0.3 is 5.88 Å². The summed E-state index contributed by atoms with van der Waals surface area (Å²) in [5.41, 5.74) is 0.570. The minimum absolute atomic E-state index is 0.149. The Morgan fingerprint density at radius 1 is 1.31 bits per heavy atom. The van der Waals surface area contributed by atoms with Crippen molar-refractivity contribution in [3.63, 3.8) is 0 Å². The highest BCUT2D eigenvalue weighted by atomic mass is 32.1. The molecule has 3 heterocycles. The molecule has 1 saturated heterocycles. The lowest BCUT2D eigenvalue weighted by atomic mass is 10.3. The van der Waals surface area contributed by atoms with E-state index in [4.69, 9.17) is 9.15 Å². The zero-order valence-electron chi connectivity index (χ0n) is 15.2. The number of carbonyl (C=O) groups is 1. The van der Waals surface area contributed by atoms with Crippen LogP contribution in [0.5, 0.6) is 0 Å². The van der Waals surface area contributed by atoms with Crippen molar-refractivity contribution in [2.45, 2.75) is 0 Å². The Morgan fingerprint density at radius 2 is 2.10 bits per heavy atom. The van der Waals surface area contributed by atoms with Gasteiger partial charge in [0.1, 0.15) is 10.7 Å². The summed E-state index contributed by atoms with van der Waals surface area (Å²) in [4.78, 5) is 31.3. The molecule has 1 amide bonds. The van der Waals surface area contributed by atoms with E-state index < -0.39 is 16.7 Å². The number of nitrogens with zero attached hydrogens (tertiary/aromatic N) is 4. The van der Waals surface area contributed by atoms with E-state index in [1.54, 1.807) is 6.07 Å². The first kappa shape index (κ1) is 19.4. The van der Waals surface area contributed by atoms with Crippen LogP contribution in [0, 0.1) is 15.9 Å².